The van der Waals surface area contributed by atoms with Crippen molar-refractivity contribution >= 4 is 5.78 Å². The van der Waals surface area contributed by atoms with E-state index in [9.17, 15) is 18.7 Å². The fourth-order valence-corrected chi connectivity index (χ4v) is 3.67. The zero-order valence-electron chi connectivity index (χ0n) is 15.3. The van der Waals surface area contributed by atoms with Crippen LogP contribution in [0.3, 0.4) is 0 Å². The molecule has 1 aliphatic rings. The molecule has 1 fully saturated rings. The zero-order valence-corrected chi connectivity index (χ0v) is 15.3. The van der Waals surface area contributed by atoms with Crippen LogP contribution in [-0.4, -0.2) is 35.4 Å². The van der Waals surface area contributed by atoms with E-state index in [1.807, 2.05) is 0 Å². The molecule has 0 aromatic heterocycles. The Balaban J connectivity index is 1.40. The van der Waals surface area contributed by atoms with E-state index >= 15 is 0 Å². The minimum atomic E-state index is -0.562. The number of piperidine rings is 1. The van der Waals surface area contributed by atoms with E-state index < -0.39 is 6.10 Å². The van der Waals surface area contributed by atoms with Crippen molar-refractivity contribution in [2.24, 2.45) is 5.92 Å². The molecule has 0 bridgehead atoms. The Hall–Kier alpha value is -2.11. The highest BCUT2D eigenvalue weighted by Gasteiger charge is 2.26. The Kier molecular flexibility index (Phi) is 6.69. The topological polar surface area (TPSA) is 40.5 Å². The number of hydrogen-bond donors (Lipinski definition) is 1. The third-order valence-corrected chi connectivity index (χ3v) is 5.33. The maximum absolute atomic E-state index is 13.0. The van der Waals surface area contributed by atoms with E-state index in [1.54, 1.807) is 12.1 Å². The van der Waals surface area contributed by atoms with Crippen LogP contribution < -0.4 is 0 Å². The van der Waals surface area contributed by atoms with Gasteiger partial charge in [0.05, 0.1) is 6.10 Å². The molecule has 0 amide bonds. The molecule has 5 heteroatoms. The molecule has 3 rings (SSSR count). The molecule has 2 aromatic rings. The Morgan fingerprint density at radius 1 is 1.00 bits per heavy atom. The number of nitrogens with zero attached hydrogens (tertiary/aromatic N) is 1. The van der Waals surface area contributed by atoms with Crippen molar-refractivity contribution in [3.63, 3.8) is 0 Å². The third kappa shape index (κ3) is 5.44. The van der Waals surface area contributed by atoms with Crippen molar-refractivity contribution in [2.75, 3.05) is 19.6 Å². The van der Waals surface area contributed by atoms with Crippen LogP contribution >= 0.6 is 0 Å². The normalized spacial score (nSPS) is 17.0. The molecule has 0 saturated carbocycles. The maximum atomic E-state index is 13.0. The summed E-state index contributed by atoms with van der Waals surface area (Å²) in [5, 5.41) is 10.5. The Morgan fingerprint density at radius 2 is 1.56 bits per heavy atom. The van der Waals surface area contributed by atoms with Crippen LogP contribution in [0, 0.1) is 17.6 Å². The van der Waals surface area contributed by atoms with Gasteiger partial charge in [0.2, 0.25) is 0 Å². The van der Waals surface area contributed by atoms with E-state index in [-0.39, 0.29) is 23.3 Å². The summed E-state index contributed by atoms with van der Waals surface area (Å²) in [5.74, 6) is -0.419. The van der Waals surface area contributed by atoms with Crippen LogP contribution in [0.15, 0.2) is 48.5 Å². The Labute approximate surface area is 158 Å². The van der Waals surface area contributed by atoms with E-state index in [2.05, 4.69) is 4.90 Å². The number of carbonyl (C=O) groups excluding carboxylic acids is 1. The molecule has 1 atom stereocenters. The molecule has 3 nitrogen and oxygen atoms in total. The number of hydrogen-bond acceptors (Lipinski definition) is 3. The first kappa shape index (κ1) is 19.6. The van der Waals surface area contributed by atoms with Crippen LogP contribution in [0.1, 0.15) is 47.7 Å². The summed E-state index contributed by atoms with van der Waals surface area (Å²) in [7, 11) is 0. The number of aliphatic hydroxyl groups excluding tert-OH is 1. The second kappa shape index (κ2) is 9.20. The van der Waals surface area contributed by atoms with Crippen molar-refractivity contribution < 1.29 is 18.7 Å². The summed E-state index contributed by atoms with van der Waals surface area (Å²) in [6.07, 6.45) is 2.41. The molecule has 1 aliphatic heterocycles. The molecule has 1 N–H and O–H groups in total. The van der Waals surface area contributed by atoms with Crippen LogP contribution in [0.5, 0.6) is 0 Å². The lowest BCUT2D eigenvalue weighted by atomic mass is 9.87. The molecule has 0 aliphatic carbocycles. The summed E-state index contributed by atoms with van der Waals surface area (Å²) in [4.78, 5) is 14.4. The van der Waals surface area contributed by atoms with Crippen molar-refractivity contribution in [2.45, 2.75) is 31.8 Å². The smallest absolute Gasteiger partial charge is 0.162 e. The summed E-state index contributed by atoms with van der Waals surface area (Å²) in [5.41, 5.74) is 1.32. The molecule has 0 spiro atoms. The van der Waals surface area contributed by atoms with Crippen molar-refractivity contribution in [1.82, 2.24) is 4.90 Å². The van der Waals surface area contributed by atoms with E-state index in [0.29, 0.717) is 12.0 Å². The van der Waals surface area contributed by atoms with Gasteiger partial charge in [0.1, 0.15) is 11.6 Å². The first-order valence-corrected chi connectivity index (χ1v) is 9.47. The van der Waals surface area contributed by atoms with Crippen molar-refractivity contribution in [3.8, 4) is 0 Å². The van der Waals surface area contributed by atoms with Gasteiger partial charge in [-0.3, -0.25) is 4.79 Å². The highest BCUT2D eigenvalue weighted by molar-refractivity contribution is 5.95. The third-order valence-electron chi connectivity index (χ3n) is 5.33. The van der Waals surface area contributed by atoms with Gasteiger partial charge in [-0.05, 0) is 86.8 Å². The minimum absolute atomic E-state index is 0.0385. The van der Waals surface area contributed by atoms with Gasteiger partial charge in [-0.1, -0.05) is 12.1 Å². The van der Waals surface area contributed by atoms with Gasteiger partial charge in [0.15, 0.2) is 5.78 Å². The lowest BCUT2D eigenvalue weighted by Gasteiger charge is -2.34. The van der Waals surface area contributed by atoms with Crippen LogP contribution in [0.4, 0.5) is 8.78 Å². The number of rotatable bonds is 7. The van der Waals surface area contributed by atoms with Crippen molar-refractivity contribution in [1.29, 1.82) is 0 Å². The van der Waals surface area contributed by atoms with E-state index in [4.69, 9.17) is 0 Å². The van der Waals surface area contributed by atoms with Crippen molar-refractivity contribution in [3.05, 3.63) is 71.3 Å². The van der Waals surface area contributed by atoms with E-state index in [0.717, 1.165) is 44.5 Å². The number of Topliss-reactive ketones (excluding diaryl/α,β-unsaturated/α-hetero) is 1. The first-order valence-electron chi connectivity index (χ1n) is 9.47. The molecule has 27 heavy (non-hydrogen) atoms. The number of likely N-dealkylation sites (tertiary alicyclic amines) is 1. The van der Waals surface area contributed by atoms with Crippen LogP contribution in [0.2, 0.25) is 0 Å². The molecule has 0 radical (unpaired) electrons. The zero-order chi connectivity index (χ0) is 19.2. The van der Waals surface area contributed by atoms with Gasteiger partial charge in [-0.25, -0.2) is 8.78 Å². The lowest BCUT2D eigenvalue weighted by molar-refractivity contribution is 0.0582. The van der Waals surface area contributed by atoms with Gasteiger partial charge in [0.25, 0.3) is 0 Å². The highest BCUT2D eigenvalue weighted by Crippen LogP contribution is 2.30. The SMILES string of the molecule is O=C(CCCN1CCC([C@H](O)c2ccc(F)cc2)CC1)c1ccc(F)cc1. The van der Waals surface area contributed by atoms with Gasteiger partial charge in [-0.2, -0.15) is 0 Å². The minimum Gasteiger partial charge on any atom is -0.388 e. The molecular weight excluding hydrogens is 348 g/mol. The fraction of sp³-hybridized carbons (Fsp3) is 0.409. The predicted octanol–water partition coefficient (Wildman–Crippen LogP) is 4.37. The molecule has 1 saturated heterocycles. The number of carbonyl (C=O) groups is 1. The standard InChI is InChI=1S/C22H25F2NO2/c23-19-7-3-16(4-8-19)21(26)2-1-13-25-14-11-18(12-15-25)22(27)17-5-9-20(24)10-6-17/h3-10,18,22,27H,1-2,11-15H2/t22-/m1/s1. The average molecular weight is 373 g/mol. The average Bonchev–Trinajstić information content (AvgIpc) is 2.69. The summed E-state index contributed by atoms with van der Waals surface area (Å²) in [6.45, 7) is 2.60. The van der Waals surface area contributed by atoms with Gasteiger partial charge in [0, 0.05) is 12.0 Å². The van der Waals surface area contributed by atoms with Gasteiger partial charge >= 0.3 is 0 Å². The van der Waals surface area contributed by atoms with Crippen LogP contribution in [-0.2, 0) is 0 Å². The molecular formula is C22H25F2NO2. The number of halogens is 2. The summed E-state index contributed by atoms with van der Waals surface area (Å²) < 4.78 is 25.9. The highest BCUT2D eigenvalue weighted by atomic mass is 19.1. The van der Waals surface area contributed by atoms with Gasteiger partial charge < -0.3 is 10.0 Å². The number of aliphatic hydroxyl groups is 1. The van der Waals surface area contributed by atoms with Gasteiger partial charge in [-0.15, -0.1) is 0 Å². The van der Waals surface area contributed by atoms with E-state index in [1.165, 1.54) is 36.4 Å². The first-order chi connectivity index (χ1) is 13.0. The molecule has 2 aromatic carbocycles. The maximum Gasteiger partial charge on any atom is 0.162 e. The Bertz CT molecular complexity index is 738. The molecule has 144 valence electrons. The molecule has 0 unspecified atom stereocenters. The quantitative estimate of drug-likeness (QED) is 0.733. The second-order valence-electron chi connectivity index (χ2n) is 7.21. The lowest BCUT2D eigenvalue weighted by Crippen LogP contribution is -2.36. The predicted molar refractivity (Wildman–Crippen MR) is 100 cm³/mol. The second-order valence-corrected chi connectivity index (χ2v) is 7.21. The summed E-state index contributed by atoms with van der Waals surface area (Å²) >= 11 is 0. The fourth-order valence-electron chi connectivity index (χ4n) is 3.67. The largest absolute Gasteiger partial charge is 0.388 e. The molecule has 1 heterocycles. The summed E-state index contributed by atoms with van der Waals surface area (Å²) in [6, 6.07) is 11.7. The number of benzene rings is 2. The van der Waals surface area contributed by atoms with Crippen LogP contribution in [0.25, 0.3) is 0 Å². The number of ketones is 1. The monoisotopic (exact) mass is 373 g/mol. The Morgan fingerprint density at radius 3 is 2.15 bits per heavy atom.